The predicted octanol–water partition coefficient (Wildman–Crippen LogP) is 5.66. The number of rotatable bonds is 7. The van der Waals surface area contributed by atoms with Gasteiger partial charge in [0.25, 0.3) is 0 Å². The molecule has 4 aromatic rings. The topological polar surface area (TPSA) is 93.1 Å². The molecule has 0 radical (unpaired) electrons. The number of ether oxygens (including phenoxy) is 1. The molecular weight excluding hydrogens is 376 g/mol. The fraction of sp³-hybridized carbons (Fsp3) is 0.125. The number of hydrogen-bond acceptors (Lipinski definition) is 6. The molecule has 150 valence electrons. The number of anilines is 1. The van der Waals surface area contributed by atoms with Gasteiger partial charge in [-0.3, -0.25) is 4.98 Å². The first-order valence-corrected chi connectivity index (χ1v) is 9.74. The summed E-state index contributed by atoms with van der Waals surface area (Å²) >= 11 is 0. The van der Waals surface area contributed by atoms with Crippen LogP contribution in [0.3, 0.4) is 0 Å². The summed E-state index contributed by atoms with van der Waals surface area (Å²) in [6, 6.07) is 23.2. The van der Waals surface area contributed by atoms with Crippen LogP contribution in [0.2, 0.25) is 0 Å². The molecule has 0 unspecified atom stereocenters. The number of azo groups is 1. The lowest BCUT2D eigenvalue weighted by Gasteiger charge is -2.10. The van der Waals surface area contributed by atoms with Crippen LogP contribution in [0.1, 0.15) is 6.42 Å². The average molecular weight is 398 g/mol. The lowest BCUT2D eigenvalue weighted by atomic mass is 10.1. The van der Waals surface area contributed by atoms with Gasteiger partial charge in [-0.1, -0.05) is 42.5 Å². The number of nitrogen functional groups attached to an aromatic ring is 1. The Morgan fingerprint density at radius 3 is 2.57 bits per heavy atom. The number of aliphatic hydroxyl groups is 1. The quantitative estimate of drug-likeness (QED) is 0.239. The Kier molecular flexibility index (Phi) is 5.96. The van der Waals surface area contributed by atoms with Gasteiger partial charge in [0, 0.05) is 24.0 Å². The minimum atomic E-state index is 0.0990. The second-order valence-electron chi connectivity index (χ2n) is 6.74. The van der Waals surface area contributed by atoms with E-state index < -0.39 is 0 Å². The molecule has 3 N–H and O–H groups in total. The van der Waals surface area contributed by atoms with Gasteiger partial charge in [-0.05, 0) is 35.7 Å². The fourth-order valence-electron chi connectivity index (χ4n) is 3.14. The molecule has 0 bridgehead atoms. The van der Waals surface area contributed by atoms with E-state index in [2.05, 4.69) is 15.2 Å². The molecule has 30 heavy (non-hydrogen) atoms. The predicted molar refractivity (Wildman–Crippen MR) is 119 cm³/mol. The van der Waals surface area contributed by atoms with Crippen LogP contribution < -0.4 is 10.5 Å². The number of para-hydroxylation sites is 1. The van der Waals surface area contributed by atoms with Crippen molar-refractivity contribution in [3.63, 3.8) is 0 Å². The molecule has 3 aromatic carbocycles. The van der Waals surface area contributed by atoms with E-state index in [1.807, 2.05) is 72.8 Å². The van der Waals surface area contributed by atoms with Crippen molar-refractivity contribution in [1.29, 1.82) is 0 Å². The molecule has 0 saturated heterocycles. The molecule has 0 spiro atoms. The minimum absolute atomic E-state index is 0.0990. The van der Waals surface area contributed by atoms with Crippen molar-refractivity contribution in [1.82, 2.24) is 4.98 Å². The zero-order valence-corrected chi connectivity index (χ0v) is 16.4. The SMILES string of the molecule is Nc1c(N=Nc2ccc(-c3ccccc3OCCCO)nc2)ccc2ccccc12. The van der Waals surface area contributed by atoms with E-state index in [0.29, 0.717) is 30.1 Å². The maximum Gasteiger partial charge on any atom is 0.128 e. The molecule has 1 heterocycles. The summed E-state index contributed by atoms with van der Waals surface area (Å²) in [5.74, 6) is 0.733. The van der Waals surface area contributed by atoms with Gasteiger partial charge >= 0.3 is 0 Å². The van der Waals surface area contributed by atoms with Gasteiger partial charge in [0.05, 0.1) is 24.2 Å². The second-order valence-corrected chi connectivity index (χ2v) is 6.74. The lowest BCUT2D eigenvalue weighted by Crippen LogP contribution is -2.01. The highest BCUT2D eigenvalue weighted by atomic mass is 16.5. The van der Waals surface area contributed by atoms with Gasteiger partial charge in [0.1, 0.15) is 17.1 Å². The number of nitrogens with two attached hydrogens (primary N) is 1. The largest absolute Gasteiger partial charge is 0.493 e. The zero-order chi connectivity index (χ0) is 20.8. The van der Waals surface area contributed by atoms with Gasteiger partial charge in [0.15, 0.2) is 0 Å². The number of pyridine rings is 1. The van der Waals surface area contributed by atoms with Crippen molar-refractivity contribution >= 4 is 27.8 Å². The number of benzene rings is 3. The van der Waals surface area contributed by atoms with Gasteiger partial charge < -0.3 is 15.6 Å². The molecule has 0 aliphatic heterocycles. The second kappa shape index (κ2) is 9.15. The van der Waals surface area contributed by atoms with Crippen molar-refractivity contribution in [3.05, 3.63) is 79.0 Å². The van der Waals surface area contributed by atoms with Gasteiger partial charge in [-0.25, -0.2) is 0 Å². The third kappa shape index (κ3) is 4.29. The van der Waals surface area contributed by atoms with Crippen LogP contribution in [0.15, 0.2) is 89.2 Å². The lowest BCUT2D eigenvalue weighted by molar-refractivity contribution is 0.234. The van der Waals surface area contributed by atoms with Crippen LogP contribution in [0, 0.1) is 0 Å². The molecule has 1 aromatic heterocycles. The number of aromatic nitrogens is 1. The normalized spacial score (nSPS) is 11.2. The molecule has 6 nitrogen and oxygen atoms in total. The maximum atomic E-state index is 8.94. The van der Waals surface area contributed by atoms with E-state index in [1.54, 1.807) is 6.20 Å². The number of hydrogen-bond donors (Lipinski definition) is 2. The molecule has 0 saturated carbocycles. The number of fused-ring (bicyclic) bond motifs is 1. The van der Waals surface area contributed by atoms with E-state index in [1.165, 1.54) is 0 Å². The summed E-state index contributed by atoms with van der Waals surface area (Å²) in [7, 11) is 0. The highest BCUT2D eigenvalue weighted by molar-refractivity contribution is 5.97. The first-order valence-electron chi connectivity index (χ1n) is 9.74. The summed E-state index contributed by atoms with van der Waals surface area (Å²) in [4.78, 5) is 4.51. The van der Waals surface area contributed by atoms with Crippen LogP contribution in [0.5, 0.6) is 5.75 Å². The summed E-state index contributed by atoms with van der Waals surface area (Å²) in [6.07, 6.45) is 2.25. The van der Waals surface area contributed by atoms with E-state index in [-0.39, 0.29) is 6.61 Å². The zero-order valence-electron chi connectivity index (χ0n) is 16.4. The highest BCUT2D eigenvalue weighted by Gasteiger charge is 2.08. The first kappa shape index (κ1) is 19.5. The molecule has 6 heteroatoms. The monoisotopic (exact) mass is 398 g/mol. The van der Waals surface area contributed by atoms with E-state index in [9.17, 15) is 0 Å². The van der Waals surface area contributed by atoms with Crippen molar-refractivity contribution in [2.45, 2.75) is 6.42 Å². The van der Waals surface area contributed by atoms with Crippen LogP contribution in [0.4, 0.5) is 17.1 Å². The van der Waals surface area contributed by atoms with E-state index in [4.69, 9.17) is 15.6 Å². The summed E-state index contributed by atoms with van der Waals surface area (Å²) in [6.45, 7) is 0.550. The third-order valence-corrected chi connectivity index (χ3v) is 4.69. The molecule has 0 aliphatic rings. The van der Waals surface area contributed by atoms with Gasteiger partial charge in [0.2, 0.25) is 0 Å². The van der Waals surface area contributed by atoms with Crippen molar-refractivity contribution in [2.24, 2.45) is 10.2 Å². The Labute approximate surface area is 174 Å². The minimum Gasteiger partial charge on any atom is -0.493 e. The number of aliphatic hydroxyl groups excluding tert-OH is 1. The van der Waals surface area contributed by atoms with E-state index in [0.717, 1.165) is 27.8 Å². The van der Waals surface area contributed by atoms with Crippen LogP contribution >= 0.6 is 0 Å². The third-order valence-electron chi connectivity index (χ3n) is 4.69. The standard InChI is InChI=1S/C24H22N4O2/c25-24-19-7-2-1-6-17(19)10-12-22(24)28-27-18-11-13-21(26-16-18)20-8-3-4-9-23(20)30-15-5-14-29/h1-4,6-13,16,29H,5,14-15,25H2. The van der Waals surface area contributed by atoms with Crippen LogP contribution in [0.25, 0.3) is 22.0 Å². The summed E-state index contributed by atoms with van der Waals surface area (Å²) in [5.41, 5.74) is 9.78. The Bertz CT molecular complexity index is 1170. The molecule has 0 aliphatic carbocycles. The molecule has 4 rings (SSSR count). The average Bonchev–Trinajstić information content (AvgIpc) is 2.80. The van der Waals surface area contributed by atoms with Crippen molar-refractivity contribution in [2.75, 3.05) is 18.9 Å². The molecular formula is C24H22N4O2. The van der Waals surface area contributed by atoms with Crippen LogP contribution in [-0.2, 0) is 0 Å². The molecule has 0 atom stereocenters. The smallest absolute Gasteiger partial charge is 0.128 e. The Morgan fingerprint density at radius 2 is 1.73 bits per heavy atom. The van der Waals surface area contributed by atoms with E-state index >= 15 is 0 Å². The van der Waals surface area contributed by atoms with Gasteiger partial charge in [-0.15, -0.1) is 10.2 Å². The fourth-order valence-corrected chi connectivity index (χ4v) is 3.14. The Balaban J connectivity index is 1.54. The van der Waals surface area contributed by atoms with Crippen molar-refractivity contribution in [3.8, 4) is 17.0 Å². The van der Waals surface area contributed by atoms with Crippen molar-refractivity contribution < 1.29 is 9.84 Å². The summed E-state index contributed by atoms with van der Waals surface area (Å²) < 4.78 is 5.76. The molecule has 0 amide bonds. The molecule has 0 fully saturated rings. The maximum absolute atomic E-state index is 8.94. The van der Waals surface area contributed by atoms with Crippen LogP contribution in [-0.4, -0.2) is 23.3 Å². The number of nitrogens with zero attached hydrogens (tertiary/aromatic N) is 3. The first-order chi connectivity index (χ1) is 14.8. The Morgan fingerprint density at radius 1 is 0.900 bits per heavy atom. The summed E-state index contributed by atoms with van der Waals surface area (Å²) in [5, 5.41) is 19.6. The Hall–Kier alpha value is -3.77. The van der Waals surface area contributed by atoms with Gasteiger partial charge in [-0.2, -0.15) is 0 Å². The highest BCUT2D eigenvalue weighted by Crippen LogP contribution is 2.33.